The standard InChI is InChI=1S/C16H17NO2/c1-13(18)17(15-6-4-3-5-7-15)12-14-8-10-16(19-2)11-9-14/h3-11H,12H2,1-2H3. The third-order valence-electron chi connectivity index (χ3n) is 2.95. The van der Waals surface area contributed by atoms with Crippen LogP contribution in [0.2, 0.25) is 0 Å². The van der Waals surface area contributed by atoms with Crippen LogP contribution in [-0.4, -0.2) is 13.0 Å². The average Bonchev–Trinajstić information content (AvgIpc) is 2.46. The lowest BCUT2D eigenvalue weighted by atomic mass is 10.2. The maximum Gasteiger partial charge on any atom is 0.224 e. The van der Waals surface area contributed by atoms with E-state index in [0.717, 1.165) is 17.0 Å². The number of amides is 1. The number of anilines is 1. The highest BCUT2D eigenvalue weighted by atomic mass is 16.5. The number of nitrogens with zero attached hydrogens (tertiary/aromatic N) is 1. The molecule has 0 spiro atoms. The minimum atomic E-state index is 0.0296. The van der Waals surface area contributed by atoms with Crippen LogP contribution >= 0.6 is 0 Å². The molecule has 0 fully saturated rings. The number of methoxy groups -OCH3 is 1. The van der Waals surface area contributed by atoms with E-state index in [2.05, 4.69) is 0 Å². The second-order valence-corrected chi connectivity index (χ2v) is 4.29. The summed E-state index contributed by atoms with van der Waals surface area (Å²) in [5.74, 6) is 0.847. The summed E-state index contributed by atoms with van der Waals surface area (Å²) in [6.45, 7) is 2.14. The van der Waals surface area contributed by atoms with Gasteiger partial charge in [0.15, 0.2) is 0 Å². The molecule has 0 heterocycles. The molecule has 0 atom stereocenters. The summed E-state index contributed by atoms with van der Waals surface area (Å²) < 4.78 is 5.13. The van der Waals surface area contributed by atoms with Gasteiger partial charge in [-0.2, -0.15) is 0 Å². The fraction of sp³-hybridized carbons (Fsp3) is 0.188. The minimum absolute atomic E-state index is 0.0296. The lowest BCUT2D eigenvalue weighted by Gasteiger charge is -2.21. The Kier molecular flexibility index (Phi) is 4.18. The molecule has 2 rings (SSSR count). The largest absolute Gasteiger partial charge is 0.497 e. The lowest BCUT2D eigenvalue weighted by molar-refractivity contribution is -0.116. The fourth-order valence-corrected chi connectivity index (χ4v) is 1.91. The van der Waals surface area contributed by atoms with E-state index < -0.39 is 0 Å². The van der Waals surface area contributed by atoms with Crippen molar-refractivity contribution < 1.29 is 9.53 Å². The lowest BCUT2D eigenvalue weighted by Crippen LogP contribution is -2.27. The molecule has 0 saturated heterocycles. The quantitative estimate of drug-likeness (QED) is 0.839. The minimum Gasteiger partial charge on any atom is -0.497 e. The molecule has 0 unspecified atom stereocenters. The Morgan fingerprint density at radius 3 is 2.21 bits per heavy atom. The summed E-state index contributed by atoms with van der Waals surface area (Å²) >= 11 is 0. The number of carbonyl (C=O) groups excluding carboxylic acids is 1. The smallest absolute Gasteiger partial charge is 0.224 e. The number of hydrogen-bond donors (Lipinski definition) is 0. The average molecular weight is 255 g/mol. The first kappa shape index (κ1) is 13.1. The van der Waals surface area contributed by atoms with Gasteiger partial charge in [0.1, 0.15) is 5.75 Å². The van der Waals surface area contributed by atoms with Gasteiger partial charge >= 0.3 is 0 Å². The Morgan fingerprint density at radius 1 is 1.05 bits per heavy atom. The molecule has 19 heavy (non-hydrogen) atoms. The van der Waals surface area contributed by atoms with E-state index in [1.165, 1.54) is 0 Å². The molecule has 0 radical (unpaired) electrons. The summed E-state index contributed by atoms with van der Waals surface area (Å²) in [4.78, 5) is 13.5. The van der Waals surface area contributed by atoms with Gasteiger partial charge in [-0.15, -0.1) is 0 Å². The summed E-state index contributed by atoms with van der Waals surface area (Å²) in [5.41, 5.74) is 1.98. The molecule has 0 saturated carbocycles. The van der Waals surface area contributed by atoms with Gasteiger partial charge in [0, 0.05) is 12.6 Å². The Morgan fingerprint density at radius 2 is 1.68 bits per heavy atom. The molecule has 3 heteroatoms. The summed E-state index contributed by atoms with van der Waals surface area (Å²) in [5, 5.41) is 0. The number of carbonyl (C=O) groups is 1. The Labute approximate surface area is 113 Å². The van der Waals surface area contributed by atoms with Gasteiger partial charge in [0.05, 0.1) is 13.7 Å². The van der Waals surface area contributed by atoms with Crippen molar-refractivity contribution in [1.29, 1.82) is 0 Å². The molecule has 0 aliphatic rings. The number of ether oxygens (including phenoxy) is 1. The SMILES string of the molecule is COc1ccc(CN(C(C)=O)c2ccccc2)cc1. The highest BCUT2D eigenvalue weighted by Gasteiger charge is 2.11. The van der Waals surface area contributed by atoms with Crippen LogP contribution in [-0.2, 0) is 11.3 Å². The fourth-order valence-electron chi connectivity index (χ4n) is 1.91. The highest BCUT2D eigenvalue weighted by Crippen LogP contribution is 2.18. The second-order valence-electron chi connectivity index (χ2n) is 4.29. The predicted molar refractivity (Wildman–Crippen MR) is 76.3 cm³/mol. The van der Waals surface area contributed by atoms with Crippen molar-refractivity contribution in [2.24, 2.45) is 0 Å². The molecular formula is C16H17NO2. The topological polar surface area (TPSA) is 29.5 Å². The van der Waals surface area contributed by atoms with E-state index in [0.29, 0.717) is 6.54 Å². The molecule has 1 amide bonds. The van der Waals surface area contributed by atoms with Crippen LogP contribution in [0.3, 0.4) is 0 Å². The zero-order valence-electron chi connectivity index (χ0n) is 11.2. The molecule has 3 nitrogen and oxygen atoms in total. The second kappa shape index (κ2) is 6.05. The first-order valence-corrected chi connectivity index (χ1v) is 6.17. The van der Waals surface area contributed by atoms with Crippen LogP contribution < -0.4 is 9.64 Å². The normalized spacial score (nSPS) is 10.0. The van der Waals surface area contributed by atoms with Gasteiger partial charge in [-0.25, -0.2) is 0 Å². The molecule has 2 aromatic rings. The van der Waals surface area contributed by atoms with Crippen molar-refractivity contribution in [1.82, 2.24) is 0 Å². The van der Waals surface area contributed by atoms with Gasteiger partial charge in [-0.1, -0.05) is 30.3 Å². The Balaban J connectivity index is 2.19. The molecule has 0 aliphatic carbocycles. The zero-order valence-corrected chi connectivity index (χ0v) is 11.2. The summed E-state index contributed by atoms with van der Waals surface area (Å²) in [6.07, 6.45) is 0. The van der Waals surface area contributed by atoms with Gasteiger partial charge in [0.25, 0.3) is 0 Å². The Bertz CT molecular complexity index is 534. The molecule has 0 bridgehead atoms. The van der Waals surface area contributed by atoms with E-state index in [4.69, 9.17) is 4.74 Å². The molecule has 0 N–H and O–H groups in total. The highest BCUT2D eigenvalue weighted by molar-refractivity contribution is 5.91. The predicted octanol–water partition coefficient (Wildman–Crippen LogP) is 3.25. The van der Waals surface area contributed by atoms with E-state index in [-0.39, 0.29) is 5.91 Å². The van der Waals surface area contributed by atoms with Crippen molar-refractivity contribution in [2.45, 2.75) is 13.5 Å². The van der Waals surface area contributed by atoms with Crippen molar-refractivity contribution in [2.75, 3.05) is 12.0 Å². The van der Waals surface area contributed by atoms with Crippen molar-refractivity contribution in [3.8, 4) is 5.75 Å². The van der Waals surface area contributed by atoms with E-state index in [9.17, 15) is 4.79 Å². The number of benzene rings is 2. The van der Waals surface area contributed by atoms with Crippen molar-refractivity contribution in [3.63, 3.8) is 0 Å². The van der Waals surface area contributed by atoms with Crippen LogP contribution in [0.4, 0.5) is 5.69 Å². The van der Waals surface area contributed by atoms with E-state index in [1.54, 1.807) is 18.9 Å². The van der Waals surface area contributed by atoms with Gasteiger partial charge < -0.3 is 9.64 Å². The summed E-state index contributed by atoms with van der Waals surface area (Å²) in [7, 11) is 1.64. The molecule has 98 valence electrons. The Hall–Kier alpha value is -2.29. The monoisotopic (exact) mass is 255 g/mol. The maximum absolute atomic E-state index is 11.8. The van der Waals surface area contributed by atoms with Crippen LogP contribution in [0.25, 0.3) is 0 Å². The van der Waals surface area contributed by atoms with Crippen LogP contribution in [0, 0.1) is 0 Å². The van der Waals surface area contributed by atoms with E-state index >= 15 is 0 Å². The molecular weight excluding hydrogens is 238 g/mol. The van der Waals surface area contributed by atoms with Gasteiger partial charge in [-0.05, 0) is 29.8 Å². The zero-order chi connectivity index (χ0) is 13.7. The van der Waals surface area contributed by atoms with Gasteiger partial charge in [0.2, 0.25) is 5.91 Å². The third-order valence-corrected chi connectivity index (χ3v) is 2.95. The first-order chi connectivity index (χ1) is 9.20. The van der Waals surface area contributed by atoms with Crippen LogP contribution in [0.1, 0.15) is 12.5 Å². The molecule has 0 aliphatic heterocycles. The van der Waals surface area contributed by atoms with Crippen LogP contribution in [0.15, 0.2) is 54.6 Å². The van der Waals surface area contributed by atoms with Crippen LogP contribution in [0.5, 0.6) is 5.75 Å². The third kappa shape index (κ3) is 3.35. The molecule has 0 aromatic heterocycles. The number of para-hydroxylation sites is 1. The maximum atomic E-state index is 11.8. The summed E-state index contributed by atoms with van der Waals surface area (Å²) in [6, 6.07) is 17.4. The molecule has 2 aromatic carbocycles. The van der Waals surface area contributed by atoms with Gasteiger partial charge in [-0.3, -0.25) is 4.79 Å². The number of hydrogen-bond acceptors (Lipinski definition) is 2. The van der Waals surface area contributed by atoms with Crippen molar-refractivity contribution >= 4 is 11.6 Å². The van der Waals surface area contributed by atoms with E-state index in [1.807, 2.05) is 54.6 Å². The van der Waals surface area contributed by atoms with Crippen molar-refractivity contribution in [3.05, 3.63) is 60.2 Å². The first-order valence-electron chi connectivity index (χ1n) is 6.17. The number of rotatable bonds is 4.